The summed E-state index contributed by atoms with van der Waals surface area (Å²) >= 11 is 3.32. The molecule has 0 radical (unpaired) electrons. The highest BCUT2D eigenvalue weighted by molar-refractivity contribution is 9.10. The van der Waals surface area contributed by atoms with Crippen molar-refractivity contribution >= 4 is 15.9 Å². The number of nitrogens with one attached hydrogen (secondary N) is 1. The summed E-state index contributed by atoms with van der Waals surface area (Å²) in [5, 5.41) is 7.79. The summed E-state index contributed by atoms with van der Waals surface area (Å²) < 4.78 is 7.33. The van der Waals surface area contributed by atoms with Crippen LogP contribution in [0.5, 0.6) is 0 Å². The van der Waals surface area contributed by atoms with E-state index in [0.717, 1.165) is 11.3 Å². The smallest absolute Gasteiger partial charge is 0.153 e. The Morgan fingerprint density at radius 2 is 2.47 bits per heavy atom. The van der Waals surface area contributed by atoms with Crippen molar-refractivity contribution in [2.75, 3.05) is 0 Å². The minimum Gasteiger partial charge on any atom is -0.472 e. The zero-order valence-electron chi connectivity index (χ0n) is 8.01. The van der Waals surface area contributed by atoms with Crippen molar-refractivity contribution in [3.8, 4) is 0 Å². The topological polar surface area (TPSA) is 81.9 Å². The molecule has 80 valence electrons. The number of halogens is 1. The van der Waals surface area contributed by atoms with Gasteiger partial charge < -0.3 is 4.42 Å². The molecule has 0 aliphatic rings. The molecule has 0 spiro atoms. The third kappa shape index (κ3) is 1.81. The number of nitrogens with zero attached hydrogens (tertiary/aromatic N) is 3. The monoisotopic (exact) mass is 271 g/mol. The second-order valence-electron chi connectivity index (χ2n) is 3.05. The number of hydrogen-bond acceptors (Lipinski definition) is 5. The average molecular weight is 272 g/mol. The number of aromatic nitrogens is 3. The lowest BCUT2D eigenvalue weighted by atomic mass is 10.1. The first-order chi connectivity index (χ1) is 7.24. The van der Waals surface area contributed by atoms with Crippen molar-refractivity contribution < 1.29 is 4.42 Å². The largest absolute Gasteiger partial charge is 0.472 e. The van der Waals surface area contributed by atoms with E-state index in [1.807, 2.05) is 6.07 Å². The SMILES string of the molecule is Cn1nnc(Br)c1C(NN)c1ccoc1. The summed E-state index contributed by atoms with van der Waals surface area (Å²) in [5.74, 6) is 5.51. The average Bonchev–Trinajstić information content (AvgIpc) is 2.83. The van der Waals surface area contributed by atoms with E-state index in [9.17, 15) is 0 Å². The van der Waals surface area contributed by atoms with Crippen LogP contribution in [-0.4, -0.2) is 15.0 Å². The molecule has 1 atom stereocenters. The van der Waals surface area contributed by atoms with Crippen LogP contribution in [0, 0.1) is 0 Å². The zero-order valence-corrected chi connectivity index (χ0v) is 9.60. The maximum Gasteiger partial charge on any atom is 0.153 e. The Morgan fingerprint density at radius 3 is 2.93 bits per heavy atom. The van der Waals surface area contributed by atoms with E-state index in [0.29, 0.717) is 4.60 Å². The molecule has 0 amide bonds. The standard InChI is InChI=1S/C8H10BrN5O/c1-14-7(8(9)12-13-14)6(11-10)5-2-3-15-4-5/h2-4,6,11H,10H2,1H3. The van der Waals surface area contributed by atoms with Crippen molar-refractivity contribution in [2.45, 2.75) is 6.04 Å². The van der Waals surface area contributed by atoms with Crippen molar-refractivity contribution in [1.82, 2.24) is 20.4 Å². The first-order valence-electron chi connectivity index (χ1n) is 4.27. The molecule has 0 aromatic carbocycles. The van der Waals surface area contributed by atoms with Gasteiger partial charge in [-0.1, -0.05) is 5.21 Å². The number of aryl methyl sites for hydroxylation is 1. The minimum absolute atomic E-state index is 0.196. The number of nitrogens with two attached hydrogens (primary N) is 1. The van der Waals surface area contributed by atoms with Crippen LogP contribution < -0.4 is 11.3 Å². The minimum atomic E-state index is -0.196. The van der Waals surface area contributed by atoms with Crippen LogP contribution in [0.2, 0.25) is 0 Å². The lowest BCUT2D eigenvalue weighted by Crippen LogP contribution is -2.30. The molecule has 1 unspecified atom stereocenters. The van der Waals surface area contributed by atoms with Gasteiger partial charge >= 0.3 is 0 Å². The molecule has 15 heavy (non-hydrogen) atoms. The fourth-order valence-corrected chi connectivity index (χ4v) is 1.97. The van der Waals surface area contributed by atoms with Gasteiger partial charge in [0, 0.05) is 12.6 Å². The molecular formula is C8H10BrN5O. The van der Waals surface area contributed by atoms with E-state index in [1.165, 1.54) is 0 Å². The molecule has 2 aromatic heterocycles. The van der Waals surface area contributed by atoms with Gasteiger partial charge in [-0.3, -0.25) is 5.84 Å². The predicted molar refractivity (Wildman–Crippen MR) is 56.6 cm³/mol. The van der Waals surface area contributed by atoms with Crippen molar-refractivity contribution in [3.63, 3.8) is 0 Å². The maximum absolute atomic E-state index is 5.51. The quantitative estimate of drug-likeness (QED) is 0.635. The van der Waals surface area contributed by atoms with E-state index < -0.39 is 0 Å². The lowest BCUT2D eigenvalue weighted by molar-refractivity contribution is 0.539. The molecule has 2 heterocycles. The van der Waals surface area contributed by atoms with E-state index in [4.69, 9.17) is 10.3 Å². The van der Waals surface area contributed by atoms with Crippen LogP contribution in [0.25, 0.3) is 0 Å². The van der Waals surface area contributed by atoms with E-state index in [-0.39, 0.29) is 6.04 Å². The molecule has 0 saturated heterocycles. The zero-order chi connectivity index (χ0) is 10.8. The normalized spacial score (nSPS) is 13.0. The lowest BCUT2D eigenvalue weighted by Gasteiger charge is -2.13. The predicted octanol–water partition coefficient (Wildman–Crippen LogP) is 0.723. The third-order valence-electron chi connectivity index (χ3n) is 2.14. The van der Waals surface area contributed by atoms with Crippen LogP contribution in [0.15, 0.2) is 27.6 Å². The molecule has 0 bridgehead atoms. The molecule has 0 saturated carbocycles. The van der Waals surface area contributed by atoms with Gasteiger partial charge in [-0.05, 0) is 22.0 Å². The van der Waals surface area contributed by atoms with E-state index in [2.05, 4.69) is 31.7 Å². The highest BCUT2D eigenvalue weighted by Crippen LogP contribution is 2.25. The van der Waals surface area contributed by atoms with Gasteiger partial charge in [-0.2, -0.15) is 0 Å². The molecule has 0 aliphatic heterocycles. The van der Waals surface area contributed by atoms with E-state index in [1.54, 1.807) is 24.3 Å². The van der Waals surface area contributed by atoms with Crippen LogP contribution in [-0.2, 0) is 7.05 Å². The Morgan fingerprint density at radius 1 is 1.67 bits per heavy atom. The summed E-state index contributed by atoms with van der Waals surface area (Å²) in [6.45, 7) is 0. The van der Waals surface area contributed by atoms with Crippen LogP contribution in [0.4, 0.5) is 0 Å². The van der Waals surface area contributed by atoms with Gasteiger partial charge in [0.2, 0.25) is 0 Å². The fraction of sp³-hybridized carbons (Fsp3) is 0.250. The number of furan rings is 1. The Labute approximate surface area is 94.5 Å². The molecular weight excluding hydrogens is 262 g/mol. The second-order valence-corrected chi connectivity index (χ2v) is 3.80. The first kappa shape index (κ1) is 10.3. The molecule has 3 N–H and O–H groups in total. The van der Waals surface area contributed by atoms with Gasteiger partial charge in [-0.15, -0.1) is 5.10 Å². The molecule has 0 aliphatic carbocycles. The number of hydrazine groups is 1. The third-order valence-corrected chi connectivity index (χ3v) is 2.71. The number of rotatable bonds is 3. The van der Waals surface area contributed by atoms with Gasteiger partial charge in [0.05, 0.1) is 24.3 Å². The Bertz CT molecular complexity index is 418. The van der Waals surface area contributed by atoms with Crippen LogP contribution in [0.1, 0.15) is 17.3 Å². The van der Waals surface area contributed by atoms with Gasteiger partial charge in [0.1, 0.15) is 0 Å². The number of hydrogen-bond donors (Lipinski definition) is 2. The van der Waals surface area contributed by atoms with Gasteiger partial charge in [0.25, 0.3) is 0 Å². The van der Waals surface area contributed by atoms with E-state index >= 15 is 0 Å². The Kier molecular flexibility index (Phi) is 2.85. The second kappa shape index (κ2) is 4.13. The first-order valence-corrected chi connectivity index (χ1v) is 5.06. The highest BCUT2D eigenvalue weighted by atomic mass is 79.9. The molecule has 0 fully saturated rings. The summed E-state index contributed by atoms with van der Waals surface area (Å²) in [5.41, 5.74) is 4.46. The van der Waals surface area contributed by atoms with Crippen molar-refractivity contribution in [3.05, 3.63) is 34.5 Å². The van der Waals surface area contributed by atoms with Crippen LogP contribution >= 0.6 is 15.9 Å². The summed E-state index contributed by atoms with van der Waals surface area (Å²) in [6, 6.07) is 1.64. The van der Waals surface area contributed by atoms with Crippen LogP contribution in [0.3, 0.4) is 0 Å². The molecule has 6 nitrogen and oxygen atoms in total. The maximum atomic E-state index is 5.51. The van der Waals surface area contributed by atoms with Gasteiger partial charge in [0.15, 0.2) is 4.60 Å². The summed E-state index contributed by atoms with van der Waals surface area (Å²) in [4.78, 5) is 0. The molecule has 7 heteroatoms. The molecule has 2 aromatic rings. The Balaban J connectivity index is 2.44. The van der Waals surface area contributed by atoms with Crippen molar-refractivity contribution in [1.29, 1.82) is 0 Å². The summed E-state index contributed by atoms with van der Waals surface area (Å²) in [7, 11) is 1.80. The molecule has 2 rings (SSSR count). The summed E-state index contributed by atoms with van der Waals surface area (Å²) in [6.07, 6.45) is 3.22. The van der Waals surface area contributed by atoms with Crippen molar-refractivity contribution in [2.24, 2.45) is 12.9 Å². The fourth-order valence-electron chi connectivity index (χ4n) is 1.42. The highest BCUT2D eigenvalue weighted by Gasteiger charge is 2.21. The van der Waals surface area contributed by atoms with Gasteiger partial charge in [-0.25, -0.2) is 10.1 Å². The Hall–Kier alpha value is -1.18.